The number of alkyl halides is 3. The first-order valence-electron chi connectivity index (χ1n) is 4.19. The molecule has 3 nitrogen and oxygen atoms in total. The fourth-order valence-corrected chi connectivity index (χ4v) is 1.39. The fourth-order valence-electron chi connectivity index (χ4n) is 0.783. The third-order valence-corrected chi connectivity index (χ3v) is 2.16. The van der Waals surface area contributed by atoms with Gasteiger partial charge in [0.1, 0.15) is 0 Å². The Morgan fingerprint density at radius 3 is 2.64 bits per heavy atom. The summed E-state index contributed by atoms with van der Waals surface area (Å²) in [6, 6.07) is 0. The molecule has 0 saturated carbocycles. The number of nitrogens with one attached hydrogen (secondary N) is 1. The topological polar surface area (TPSA) is 37.8 Å². The van der Waals surface area contributed by atoms with Crippen molar-refractivity contribution < 1.29 is 13.2 Å². The minimum Gasteiger partial charge on any atom is -0.360 e. The Bertz CT molecular complexity index is 284. The summed E-state index contributed by atoms with van der Waals surface area (Å²) in [5, 5.41) is 3.01. The van der Waals surface area contributed by atoms with Crippen LogP contribution in [0.4, 0.5) is 18.3 Å². The highest BCUT2D eigenvalue weighted by Crippen LogP contribution is 2.28. The SMILES string of the molecule is CCCCNc1nc(C(F)(F)F)ns1. The Labute approximate surface area is 83.5 Å². The summed E-state index contributed by atoms with van der Waals surface area (Å²) in [5.74, 6) is -1.07. The number of hydrogen-bond donors (Lipinski definition) is 1. The van der Waals surface area contributed by atoms with Gasteiger partial charge in [-0.2, -0.15) is 22.5 Å². The molecule has 0 fully saturated rings. The van der Waals surface area contributed by atoms with Gasteiger partial charge in [0.2, 0.25) is 11.0 Å². The molecule has 1 aromatic rings. The second-order valence-electron chi connectivity index (χ2n) is 2.70. The Morgan fingerprint density at radius 2 is 2.14 bits per heavy atom. The van der Waals surface area contributed by atoms with Crippen molar-refractivity contribution in [2.45, 2.75) is 25.9 Å². The van der Waals surface area contributed by atoms with E-state index in [9.17, 15) is 13.2 Å². The van der Waals surface area contributed by atoms with Gasteiger partial charge in [0.05, 0.1) is 0 Å². The zero-order valence-corrected chi connectivity index (χ0v) is 8.37. The van der Waals surface area contributed by atoms with Gasteiger partial charge in [0, 0.05) is 18.1 Å². The third-order valence-electron chi connectivity index (χ3n) is 1.49. The summed E-state index contributed by atoms with van der Waals surface area (Å²) in [4.78, 5) is 3.32. The van der Waals surface area contributed by atoms with Crippen LogP contribution in [0.1, 0.15) is 25.6 Å². The number of unbranched alkanes of at least 4 members (excludes halogenated alkanes) is 1. The second-order valence-corrected chi connectivity index (χ2v) is 3.45. The molecular formula is C7H10F3N3S. The molecule has 1 heterocycles. The molecule has 0 aliphatic heterocycles. The number of rotatable bonds is 4. The molecule has 1 N–H and O–H groups in total. The molecule has 1 rings (SSSR count). The van der Waals surface area contributed by atoms with Crippen molar-refractivity contribution in [3.05, 3.63) is 5.82 Å². The van der Waals surface area contributed by atoms with E-state index in [2.05, 4.69) is 14.7 Å². The predicted molar refractivity (Wildman–Crippen MR) is 48.3 cm³/mol. The molecule has 0 spiro atoms. The Balaban J connectivity index is 2.51. The van der Waals surface area contributed by atoms with Crippen molar-refractivity contribution in [3.63, 3.8) is 0 Å². The molecular weight excluding hydrogens is 215 g/mol. The molecule has 1 aromatic heterocycles. The van der Waals surface area contributed by atoms with Gasteiger partial charge in [0.15, 0.2) is 0 Å². The molecule has 7 heteroatoms. The van der Waals surface area contributed by atoms with E-state index in [-0.39, 0.29) is 5.13 Å². The average Bonchev–Trinajstić information content (AvgIpc) is 2.52. The lowest BCUT2D eigenvalue weighted by Crippen LogP contribution is -2.08. The van der Waals surface area contributed by atoms with Crippen molar-refractivity contribution >= 4 is 16.7 Å². The average molecular weight is 225 g/mol. The van der Waals surface area contributed by atoms with Crippen LogP contribution in [0.5, 0.6) is 0 Å². The van der Waals surface area contributed by atoms with E-state index in [4.69, 9.17) is 0 Å². The van der Waals surface area contributed by atoms with Crippen molar-refractivity contribution in [3.8, 4) is 0 Å². The first kappa shape index (κ1) is 11.2. The van der Waals surface area contributed by atoms with Crippen LogP contribution in [0.15, 0.2) is 0 Å². The van der Waals surface area contributed by atoms with E-state index < -0.39 is 12.0 Å². The van der Waals surface area contributed by atoms with Crippen LogP contribution in [0.25, 0.3) is 0 Å². The van der Waals surface area contributed by atoms with Gasteiger partial charge in [0.25, 0.3) is 0 Å². The molecule has 0 aromatic carbocycles. The summed E-state index contributed by atoms with van der Waals surface area (Å²) >= 11 is 0.735. The van der Waals surface area contributed by atoms with E-state index >= 15 is 0 Å². The van der Waals surface area contributed by atoms with Crippen LogP contribution in [-0.2, 0) is 6.18 Å². The Hall–Kier alpha value is -0.850. The minimum absolute atomic E-state index is 0.228. The van der Waals surface area contributed by atoms with Crippen molar-refractivity contribution in [2.24, 2.45) is 0 Å². The normalized spacial score (nSPS) is 11.7. The molecule has 0 saturated heterocycles. The fraction of sp³-hybridized carbons (Fsp3) is 0.714. The largest absolute Gasteiger partial charge is 0.452 e. The number of anilines is 1. The van der Waals surface area contributed by atoms with E-state index in [1.807, 2.05) is 6.92 Å². The van der Waals surface area contributed by atoms with E-state index in [0.29, 0.717) is 6.54 Å². The molecule has 0 radical (unpaired) electrons. The van der Waals surface area contributed by atoms with Gasteiger partial charge in [-0.15, -0.1) is 0 Å². The first-order chi connectivity index (χ1) is 6.54. The lowest BCUT2D eigenvalue weighted by molar-refractivity contribution is -0.144. The quantitative estimate of drug-likeness (QED) is 0.800. The lowest BCUT2D eigenvalue weighted by atomic mass is 10.3. The van der Waals surface area contributed by atoms with Gasteiger partial charge in [-0.05, 0) is 6.42 Å². The highest BCUT2D eigenvalue weighted by molar-refractivity contribution is 7.09. The summed E-state index contributed by atoms with van der Waals surface area (Å²) in [6.45, 7) is 2.63. The molecule has 80 valence electrons. The maximum absolute atomic E-state index is 12.0. The molecule has 0 atom stereocenters. The van der Waals surface area contributed by atoms with Crippen LogP contribution < -0.4 is 5.32 Å². The molecule has 0 amide bonds. The van der Waals surface area contributed by atoms with Gasteiger partial charge in [-0.25, -0.2) is 0 Å². The summed E-state index contributed by atoms with van der Waals surface area (Å²) < 4.78 is 39.3. The van der Waals surface area contributed by atoms with Gasteiger partial charge in [-0.1, -0.05) is 13.3 Å². The molecule has 0 aliphatic carbocycles. The van der Waals surface area contributed by atoms with Crippen molar-refractivity contribution in [2.75, 3.05) is 11.9 Å². The van der Waals surface area contributed by atoms with E-state index in [1.165, 1.54) is 0 Å². The first-order valence-corrected chi connectivity index (χ1v) is 4.96. The number of hydrogen-bond acceptors (Lipinski definition) is 4. The van der Waals surface area contributed by atoms with Crippen LogP contribution in [0, 0.1) is 0 Å². The monoisotopic (exact) mass is 225 g/mol. The number of aromatic nitrogens is 2. The van der Waals surface area contributed by atoms with E-state index in [0.717, 1.165) is 24.4 Å². The highest BCUT2D eigenvalue weighted by Gasteiger charge is 2.35. The number of halogens is 3. The standard InChI is InChI=1S/C7H10F3N3S/c1-2-3-4-11-6-12-5(13-14-6)7(8,9)10/h2-4H2,1H3,(H,11,12,13). The smallest absolute Gasteiger partial charge is 0.360 e. The van der Waals surface area contributed by atoms with Gasteiger partial charge < -0.3 is 5.32 Å². The van der Waals surface area contributed by atoms with Crippen LogP contribution >= 0.6 is 11.5 Å². The summed E-state index contributed by atoms with van der Waals surface area (Å²) in [7, 11) is 0. The Kier molecular flexibility index (Phi) is 3.68. The zero-order chi connectivity index (χ0) is 10.6. The third kappa shape index (κ3) is 3.13. The van der Waals surface area contributed by atoms with Crippen LogP contribution in [0.3, 0.4) is 0 Å². The van der Waals surface area contributed by atoms with Crippen molar-refractivity contribution in [1.29, 1.82) is 0 Å². The maximum Gasteiger partial charge on any atom is 0.452 e. The molecule has 0 aliphatic rings. The molecule has 0 bridgehead atoms. The second kappa shape index (κ2) is 4.59. The zero-order valence-electron chi connectivity index (χ0n) is 7.56. The Morgan fingerprint density at radius 1 is 1.43 bits per heavy atom. The van der Waals surface area contributed by atoms with Crippen LogP contribution in [0.2, 0.25) is 0 Å². The van der Waals surface area contributed by atoms with Gasteiger partial charge >= 0.3 is 6.18 Å². The number of nitrogens with zero attached hydrogens (tertiary/aromatic N) is 2. The van der Waals surface area contributed by atoms with Crippen molar-refractivity contribution in [1.82, 2.24) is 9.36 Å². The minimum atomic E-state index is -4.44. The highest BCUT2D eigenvalue weighted by atomic mass is 32.1. The van der Waals surface area contributed by atoms with Crippen LogP contribution in [-0.4, -0.2) is 15.9 Å². The lowest BCUT2D eigenvalue weighted by Gasteiger charge is -1.99. The molecule has 14 heavy (non-hydrogen) atoms. The summed E-state index contributed by atoms with van der Waals surface area (Å²) in [6.07, 6.45) is -2.56. The molecule has 0 unspecified atom stereocenters. The predicted octanol–water partition coefficient (Wildman–Crippen LogP) is 2.77. The van der Waals surface area contributed by atoms with Gasteiger partial charge in [-0.3, -0.25) is 0 Å². The summed E-state index contributed by atoms with van der Waals surface area (Å²) in [5.41, 5.74) is 0. The van der Waals surface area contributed by atoms with E-state index in [1.54, 1.807) is 0 Å². The maximum atomic E-state index is 12.0.